The van der Waals surface area contributed by atoms with E-state index < -0.39 is 5.82 Å². The van der Waals surface area contributed by atoms with Crippen molar-refractivity contribution in [2.45, 2.75) is 0 Å². The van der Waals surface area contributed by atoms with Gasteiger partial charge in [-0.25, -0.2) is 4.39 Å². The first kappa shape index (κ1) is 8.04. The summed E-state index contributed by atoms with van der Waals surface area (Å²) < 4.78 is 13.2. The molecule has 2 N–H and O–H groups in total. The molecule has 68 valence electrons. The molecule has 0 saturated heterocycles. The molecule has 4 heteroatoms. The van der Waals surface area contributed by atoms with Crippen LogP contribution in [0, 0.1) is 5.82 Å². The van der Waals surface area contributed by atoms with E-state index in [9.17, 15) is 9.18 Å². The summed E-state index contributed by atoms with van der Waals surface area (Å²) in [6.45, 7) is 1.15. The number of rotatable bonds is 0. The molecule has 1 aliphatic heterocycles. The largest absolute Gasteiger partial charge is 0.383 e. The minimum absolute atomic E-state index is 0.111. The van der Waals surface area contributed by atoms with Crippen LogP contribution in [0.4, 0.5) is 10.1 Å². The van der Waals surface area contributed by atoms with Crippen molar-refractivity contribution in [2.24, 2.45) is 0 Å². The Kier molecular flexibility index (Phi) is 1.88. The maximum atomic E-state index is 13.2. The summed E-state index contributed by atoms with van der Waals surface area (Å²) in [5, 5.41) is 5.57. The molecule has 0 saturated carbocycles. The Balaban J connectivity index is 2.55. The summed E-state index contributed by atoms with van der Waals surface area (Å²) in [6.07, 6.45) is 0. The van der Waals surface area contributed by atoms with E-state index in [-0.39, 0.29) is 11.5 Å². The molecular formula is C9H9FN2O. The minimum atomic E-state index is -0.482. The number of hydrogen-bond acceptors (Lipinski definition) is 2. The van der Waals surface area contributed by atoms with Gasteiger partial charge in [-0.3, -0.25) is 4.79 Å². The number of carbonyl (C=O) groups excluding carboxylic acids is 1. The van der Waals surface area contributed by atoms with E-state index in [4.69, 9.17) is 0 Å². The summed E-state index contributed by atoms with van der Waals surface area (Å²) in [5.74, 6) is -0.831. The zero-order chi connectivity index (χ0) is 9.26. The van der Waals surface area contributed by atoms with Crippen molar-refractivity contribution in [1.82, 2.24) is 5.32 Å². The third-order valence-corrected chi connectivity index (χ3v) is 1.97. The normalized spacial score (nSPS) is 15.3. The third kappa shape index (κ3) is 1.35. The lowest BCUT2D eigenvalue weighted by molar-refractivity contribution is 0.0954. The molecule has 0 bridgehead atoms. The van der Waals surface area contributed by atoms with E-state index in [2.05, 4.69) is 10.6 Å². The number of halogens is 1. The van der Waals surface area contributed by atoms with Crippen molar-refractivity contribution >= 4 is 11.6 Å². The summed E-state index contributed by atoms with van der Waals surface area (Å²) in [4.78, 5) is 11.3. The number of anilines is 1. The molecule has 1 aromatic carbocycles. The smallest absolute Gasteiger partial charge is 0.256 e. The lowest BCUT2D eigenvalue weighted by atomic mass is 10.1. The molecular weight excluding hydrogens is 171 g/mol. The van der Waals surface area contributed by atoms with E-state index in [1.807, 2.05) is 0 Å². The fraction of sp³-hybridized carbons (Fsp3) is 0.222. The monoisotopic (exact) mass is 180 g/mol. The van der Waals surface area contributed by atoms with Gasteiger partial charge in [-0.1, -0.05) is 6.07 Å². The fourth-order valence-electron chi connectivity index (χ4n) is 1.36. The first-order valence-corrected chi connectivity index (χ1v) is 4.09. The van der Waals surface area contributed by atoms with Gasteiger partial charge >= 0.3 is 0 Å². The average Bonchev–Trinajstić information content (AvgIpc) is 2.29. The molecule has 0 fully saturated rings. The van der Waals surface area contributed by atoms with Gasteiger partial charge in [0, 0.05) is 18.8 Å². The van der Waals surface area contributed by atoms with Gasteiger partial charge in [0.25, 0.3) is 5.91 Å². The Bertz CT molecular complexity index is 351. The van der Waals surface area contributed by atoms with Gasteiger partial charge in [-0.2, -0.15) is 0 Å². The predicted octanol–water partition coefficient (Wildman–Crippen LogP) is 0.981. The number of hydrogen-bond donors (Lipinski definition) is 2. The molecule has 0 aliphatic carbocycles. The van der Waals surface area contributed by atoms with Crippen LogP contribution in [0.5, 0.6) is 0 Å². The second-order valence-corrected chi connectivity index (χ2v) is 2.85. The van der Waals surface area contributed by atoms with Gasteiger partial charge in [0.05, 0.1) is 5.56 Å². The molecule has 0 unspecified atom stereocenters. The van der Waals surface area contributed by atoms with Crippen LogP contribution in [0.3, 0.4) is 0 Å². The van der Waals surface area contributed by atoms with Gasteiger partial charge in [0.1, 0.15) is 5.82 Å². The van der Waals surface area contributed by atoms with Crippen LogP contribution in [0.15, 0.2) is 18.2 Å². The van der Waals surface area contributed by atoms with Crippen molar-refractivity contribution in [3.8, 4) is 0 Å². The maximum Gasteiger partial charge on any atom is 0.256 e. The Morgan fingerprint density at radius 3 is 2.85 bits per heavy atom. The summed E-state index contributed by atoms with van der Waals surface area (Å²) in [5.41, 5.74) is 0.676. The molecule has 0 radical (unpaired) electrons. The second-order valence-electron chi connectivity index (χ2n) is 2.85. The first-order chi connectivity index (χ1) is 6.29. The number of carbonyl (C=O) groups is 1. The molecule has 1 heterocycles. The number of fused-ring (bicyclic) bond motifs is 1. The van der Waals surface area contributed by atoms with E-state index in [0.29, 0.717) is 18.8 Å². The summed E-state index contributed by atoms with van der Waals surface area (Å²) in [7, 11) is 0. The van der Waals surface area contributed by atoms with Crippen molar-refractivity contribution in [3.05, 3.63) is 29.6 Å². The number of nitrogens with one attached hydrogen (secondary N) is 2. The summed E-state index contributed by atoms with van der Waals surface area (Å²) >= 11 is 0. The van der Waals surface area contributed by atoms with Gasteiger partial charge in [0.15, 0.2) is 0 Å². The Morgan fingerprint density at radius 1 is 1.23 bits per heavy atom. The van der Waals surface area contributed by atoms with Crippen LogP contribution in [-0.4, -0.2) is 19.0 Å². The van der Waals surface area contributed by atoms with Crippen molar-refractivity contribution in [3.63, 3.8) is 0 Å². The lowest BCUT2D eigenvalue weighted by Crippen LogP contribution is -2.25. The van der Waals surface area contributed by atoms with Crippen LogP contribution in [-0.2, 0) is 0 Å². The molecule has 3 nitrogen and oxygen atoms in total. The van der Waals surface area contributed by atoms with Gasteiger partial charge in [-0.05, 0) is 12.1 Å². The summed E-state index contributed by atoms with van der Waals surface area (Å²) in [6, 6.07) is 4.56. The average molecular weight is 180 g/mol. The molecule has 13 heavy (non-hydrogen) atoms. The Morgan fingerprint density at radius 2 is 2.00 bits per heavy atom. The van der Waals surface area contributed by atoms with Crippen molar-refractivity contribution < 1.29 is 9.18 Å². The Hall–Kier alpha value is -1.58. The lowest BCUT2D eigenvalue weighted by Gasteiger charge is -2.05. The highest BCUT2D eigenvalue weighted by Gasteiger charge is 2.18. The van der Waals surface area contributed by atoms with Crippen LogP contribution in [0.1, 0.15) is 10.4 Å². The maximum absolute atomic E-state index is 13.2. The standard InChI is InChI=1S/C9H9FN2O/c10-6-2-1-3-7-8(6)9(13)12-5-4-11-7/h1-3,11H,4-5H2,(H,12,13). The van der Waals surface area contributed by atoms with E-state index >= 15 is 0 Å². The van der Waals surface area contributed by atoms with Crippen LogP contribution < -0.4 is 10.6 Å². The zero-order valence-electron chi connectivity index (χ0n) is 6.93. The van der Waals surface area contributed by atoms with Gasteiger partial charge in [-0.15, -0.1) is 0 Å². The predicted molar refractivity (Wildman–Crippen MR) is 47.2 cm³/mol. The van der Waals surface area contributed by atoms with Gasteiger partial charge in [0.2, 0.25) is 0 Å². The molecule has 1 amide bonds. The molecule has 1 aromatic rings. The first-order valence-electron chi connectivity index (χ1n) is 4.09. The van der Waals surface area contributed by atoms with Crippen molar-refractivity contribution in [1.29, 1.82) is 0 Å². The van der Waals surface area contributed by atoms with Crippen LogP contribution in [0.2, 0.25) is 0 Å². The second kappa shape index (κ2) is 3.05. The SMILES string of the molecule is O=C1NCCNc2cccc(F)c21. The molecule has 0 aromatic heterocycles. The highest BCUT2D eigenvalue weighted by atomic mass is 19.1. The van der Waals surface area contributed by atoms with E-state index in [0.717, 1.165) is 0 Å². The molecule has 1 aliphatic rings. The quantitative estimate of drug-likeness (QED) is 0.625. The van der Waals surface area contributed by atoms with E-state index in [1.165, 1.54) is 6.07 Å². The highest BCUT2D eigenvalue weighted by molar-refractivity contribution is 6.00. The third-order valence-electron chi connectivity index (χ3n) is 1.97. The fourth-order valence-corrected chi connectivity index (χ4v) is 1.36. The highest BCUT2D eigenvalue weighted by Crippen LogP contribution is 2.19. The molecule has 2 rings (SSSR count). The zero-order valence-corrected chi connectivity index (χ0v) is 6.93. The minimum Gasteiger partial charge on any atom is -0.383 e. The molecule has 0 atom stereocenters. The van der Waals surface area contributed by atoms with E-state index in [1.54, 1.807) is 12.1 Å². The Labute approximate surface area is 74.9 Å². The number of amides is 1. The van der Waals surface area contributed by atoms with Crippen LogP contribution >= 0.6 is 0 Å². The number of benzene rings is 1. The van der Waals surface area contributed by atoms with Crippen molar-refractivity contribution in [2.75, 3.05) is 18.4 Å². The van der Waals surface area contributed by atoms with Crippen LogP contribution in [0.25, 0.3) is 0 Å². The molecule has 0 spiro atoms. The topological polar surface area (TPSA) is 41.1 Å². The van der Waals surface area contributed by atoms with Gasteiger partial charge < -0.3 is 10.6 Å².